The van der Waals surface area contributed by atoms with Crippen molar-refractivity contribution in [2.75, 3.05) is 0 Å². The van der Waals surface area contributed by atoms with Crippen LogP contribution in [0.25, 0.3) is 44.2 Å². The normalized spacial score (nSPS) is 21.9. The molecule has 7 aromatic carbocycles. The Kier molecular flexibility index (Phi) is 8.01. The number of fused-ring (bicyclic) bond motifs is 9. The first-order valence-corrected chi connectivity index (χ1v) is 22.0. The Morgan fingerprint density at radius 2 is 1.23 bits per heavy atom. The van der Waals surface area contributed by atoms with Crippen LogP contribution in [0.4, 0.5) is 0 Å². The van der Waals surface area contributed by atoms with Gasteiger partial charge in [0.05, 0.1) is 11.8 Å². The van der Waals surface area contributed by atoms with E-state index in [-0.39, 0.29) is 16.9 Å². The van der Waals surface area contributed by atoms with Crippen LogP contribution in [0.3, 0.4) is 0 Å². The highest BCUT2D eigenvalue weighted by atomic mass is 16.3. The van der Waals surface area contributed by atoms with E-state index < -0.39 is 0 Å². The van der Waals surface area contributed by atoms with Gasteiger partial charge in [-0.25, -0.2) is 4.99 Å². The maximum atomic E-state index is 6.31. The molecule has 12 rings (SSSR count). The van der Waals surface area contributed by atoms with Crippen LogP contribution in [0.15, 0.2) is 190 Å². The van der Waals surface area contributed by atoms with Crippen LogP contribution >= 0.6 is 0 Å². The number of benzene rings is 7. The predicted octanol–water partition coefficient (Wildman–Crippen LogP) is 14.7. The summed E-state index contributed by atoms with van der Waals surface area (Å²) in [4.78, 5) is 10.5. The van der Waals surface area contributed by atoms with Crippen LogP contribution in [0, 0.1) is 5.92 Å². The summed E-state index contributed by atoms with van der Waals surface area (Å²) in [6, 6.07) is 59.6. The van der Waals surface area contributed by atoms with Crippen molar-refractivity contribution in [3.63, 3.8) is 0 Å². The number of nitrogens with zero attached hydrogens (tertiary/aromatic N) is 2. The Hall–Kier alpha value is -6.58. The van der Waals surface area contributed by atoms with Crippen molar-refractivity contribution in [3.05, 3.63) is 214 Å². The van der Waals surface area contributed by atoms with Gasteiger partial charge in [0.15, 0.2) is 5.84 Å². The number of rotatable bonds is 5. The molecule has 61 heavy (non-hydrogen) atoms. The van der Waals surface area contributed by atoms with Crippen molar-refractivity contribution in [3.8, 4) is 22.3 Å². The molecule has 0 radical (unpaired) electrons. The molecular weight excluding hydrogens is 741 g/mol. The minimum Gasteiger partial charge on any atom is -0.456 e. The second-order valence-corrected chi connectivity index (χ2v) is 18.9. The molecule has 0 saturated carbocycles. The van der Waals surface area contributed by atoms with Crippen LogP contribution in [-0.2, 0) is 10.8 Å². The summed E-state index contributed by atoms with van der Waals surface area (Å²) in [7, 11) is 0. The van der Waals surface area contributed by atoms with Crippen molar-refractivity contribution in [2.24, 2.45) is 15.9 Å². The Morgan fingerprint density at radius 3 is 2.07 bits per heavy atom. The van der Waals surface area contributed by atoms with Gasteiger partial charge in [-0.2, -0.15) is 0 Å². The standard InChI is InChI=1S/C58H48N2O/c1-57(2)48-19-10-8-17-42(48)46-32-51-47(33-50(46)57)45-30-39(26-28-49(45)58(51,3)4)36-23-21-35(22-24-36)38-15-12-16-40(29-38)52-34-53(60-56(59-52)37-13-6-5-7-14-37)41-25-27-44-43-18-9-11-20-54(43)61-55(44)31-41/h5-32,46-47,50,53H,33-34H2,1-4H3. The lowest BCUT2D eigenvalue weighted by Gasteiger charge is -2.39. The minimum absolute atomic E-state index is 0.0263. The van der Waals surface area contributed by atoms with Gasteiger partial charge in [0.1, 0.15) is 11.2 Å². The Morgan fingerprint density at radius 1 is 0.541 bits per heavy atom. The van der Waals surface area contributed by atoms with Gasteiger partial charge in [-0.05, 0) is 91.6 Å². The molecule has 296 valence electrons. The smallest absolute Gasteiger partial charge is 0.155 e. The lowest BCUT2D eigenvalue weighted by Crippen LogP contribution is -2.31. The third-order valence-corrected chi connectivity index (χ3v) is 14.9. The Bertz CT molecular complexity index is 3160. The number of hydrogen-bond acceptors (Lipinski definition) is 3. The number of para-hydroxylation sites is 1. The molecule has 2 heterocycles. The Labute approximate surface area is 358 Å². The highest BCUT2D eigenvalue weighted by Crippen LogP contribution is 2.63. The van der Waals surface area contributed by atoms with E-state index in [4.69, 9.17) is 14.4 Å². The quantitative estimate of drug-likeness (QED) is 0.160. The lowest BCUT2D eigenvalue weighted by atomic mass is 9.65. The summed E-state index contributed by atoms with van der Waals surface area (Å²) < 4.78 is 6.31. The second-order valence-electron chi connectivity index (χ2n) is 18.9. The SMILES string of the molecule is CC1(C)C2=CC3c4ccccc4C(C)(C)C3CC2c2cc(-c3ccc(-c4cccc(C5=NC(c6ccccc6)=NC(c6ccc7c(c6)oc6ccccc67)C5)c4)cc3)ccc21. The van der Waals surface area contributed by atoms with Crippen LogP contribution in [0.1, 0.15) is 97.4 Å². The van der Waals surface area contributed by atoms with E-state index in [0.29, 0.717) is 24.2 Å². The molecule has 0 N–H and O–H groups in total. The van der Waals surface area contributed by atoms with Gasteiger partial charge in [0.2, 0.25) is 0 Å². The summed E-state index contributed by atoms with van der Waals surface area (Å²) in [5.74, 6) is 2.33. The molecule has 0 bridgehead atoms. The summed E-state index contributed by atoms with van der Waals surface area (Å²) in [6.45, 7) is 9.85. The third kappa shape index (κ3) is 5.70. The fraction of sp³-hybridized carbons (Fsp3) is 0.207. The first kappa shape index (κ1) is 36.3. The second kappa shape index (κ2) is 13.5. The van der Waals surface area contributed by atoms with Crippen molar-refractivity contribution in [2.45, 2.75) is 69.2 Å². The maximum absolute atomic E-state index is 6.31. The first-order valence-electron chi connectivity index (χ1n) is 22.0. The van der Waals surface area contributed by atoms with E-state index in [2.05, 4.69) is 179 Å². The van der Waals surface area contributed by atoms with Crippen molar-refractivity contribution < 1.29 is 4.42 Å². The molecule has 3 heteroatoms. The fourth-order valence-corrected chi connectivity index (χ4v) is 11.6. The van der Waals surface area contributed by atoms with Gasteiger partial charge >= 0.3 is 0 Å². The van der Waals surface area contributed by atoms with Gasteiger partial charge < -0.3 is 4.42 Å². The molecule has 0 saturated heterocycles. The number of hydrogen-bond donors (Lipinski definition) is 0. The maximum Gasteiger partial charge on any atom is 0.155 e. The van der Waals surface area contributed by atoms with E-state index in [1.54, 1.807) is 11.1 Å². The van der Waals surface area contributed by atoms with E-state index in [1.807, 2.05) is 18.2 Å². The molecule has 0 amide bonds. The fourth-order valence-electron chi connectivity index (χ4n) is 11.6. The zero-order chi connectivity index (χ0) is 41.0. The molecule has 3 nitrogen and oxygen atoms in total. The van der Waals surface area contributed by atoms with Gasteiger partial charge in [-0.15, -0.1) is 0 Å². The molecule has 8 aromatic rings. The molecule has 4 unspecified atom stereocenters. The van der Waals surface area contributed by atoms with Gasteiger partial charge in [-0.1, -0.05) is 185 Å². The van der Waals surface area contributed by atoms with Crippen LogP contribution in [0.5, 0.6) is 0 Å². The van der Waals surface area contributed by atoms with E-state index in [1.165, 1.54) is 45.4 Å². The first-order chi connectivity index (χ1) is 29.7. The van der Waals surface area contributed by atoms with Gasteiger partial charge in [0, 0.05) is 40.0 Å². The van der Waals surface area contributed by atoms with Crippen molar-refractivity contribution in [1.82, 2.24) is 0 Å². The molecule has 3 aliphatic carbocycles. The number of amidine groups is 1. The van der Waals surface area contributed by atoms with Crippen LogP contribution < -0.4 is 0 Å². The molecule has 1 aromatic heterocycles. The minimum atomic E-state index is -0.0938. The highest BCUT2D eigenvalue weighted by molar-refractivity contribution is 6.14. The van der Waals surface area contributed by atoms with Crippen LogP contribution in [0.2, 0.25) is 0 Å². The molecule has 4 atom stereocenters. The van der Waals surface area contributed by atoms with Crippen molar-refractivity contribution >= 4 is 33.5 Å². The third-order valence-electron chi connectivity index (χ3n) is 14.9. The molecule has 4 aliphatic rings. The molecule has 0 spiro atoms. The Balaban J connectivity index is 0.844. The van der Waals surface area contributed by atoms with Gasteiger partial charge in [0.25, 0.3) is 0 Å². The molecule has 1 aliphatic heterocycles. The average molecular weight is 789 g/mol. The van der Waals surface area contributed by atoms with E-state index in [0.717, 1.165) is 50.2 Å². The lowest BCUT2D eigenvalue weighted by molar-refractivity contribution is 0.280. The number of allylic oxidation sites excluding steroid dienone is 2. The van der Waals surface area contributed by atoms with Crippen molar-refractivity contribution in [1.29, 1.82) is 0 Å². The summed E-state index contributed by atoms with van der Waals surface area (Å²) >= 11 is 0. The summed E-state index contributed by atoms with van der Waals surface area (Å²) in [6.07, 6.45) is 4.59. The molecular formula is C58H48N2O. The molecule has 0 fully saturated rings. The van der Waals surface area contributed by atoms with Crippen LogP contribution in [-0.4, -0.2) is 11.5 Å². The number of furan rings is 1. The van der Waals surface area contributed by atoms with Gasteiger partial charge in [-0.3, -0.25) is 4.99 Å². The number of aliphatic imine (C=N–C) groups is 2. The van der Waals surface area contributed by atoms with E-state index in [9.17, 15) is 0 Å². The average Bonchev–Trinajstić information content (AvgIpc) is 3.87. The highest BCUT2D eigenvalue weighted by Gasteiger charge is 2.53. The summed E-state index contributed by atoms with van der Waals surface area (Å²) in [5, 5.41) is 2.27. The zero-order valence-corrected chi connectivity index (χ0v) is 35.2. The zero-order valence-electron chi connectivity index (χ0n) is 35.2. The topological polar surface area (TPSA) is 37.9 Å². The van der Waals surface area contributed by atoms with E-state index >= 15 is 0 Å². The predicted molar refractivity (Wildman–Crippen MR) is 252 cm³/mol. The monoisotopic (exact) mass is 788 g/mol. The summed E-state index contributed by atoms with van der Waals surface area (Å²) in [5.41, 5.74) is 18.9. The largest absolute Gasteiger partial charge is 0.456 e.